The number of benzene rings is 2. The van der Waals surface area contributed by atoms with Crippen molar-refractivity contribution in [1.29, 1.82) is 0 Å². The van der Waals surface area contributed by atoms with Gasteiger partial charge in [-0.2, -0.15) is 0 Å². The topological polar surface area (TPSA) is 73.6 Å². The van der Waals surface area contributed by atoms with Gasteiger partial charge in [0.05, 0.1) is 18.4 Å². The van der Waals surface area contributed by atoms with E-state index in [0.29, 0.717) is 18.1 Å². The normalized spacial score (nSPS) is 10.9. The summed E-state index contributed by atoms with van der Waals surface area (Å²) < 4.78 is 16.5. The Balaban J connectivity index is 1.66. The van der Waals surface area contributed by atoms with Crippen molar-refractivity contribution in [3.8, 4) is 11.5 Å². The third kappa shape index (κ3) is 5.25. The first-order chi connectivity index (χ1) is 14.0. The smallest absolute Gasteiger partial charge is 0.248 e. The molecule has 0 aliphatic heterocycles. The number of methoxy groups -OCH3 is 1. The zero-order valence-corrected chi connectivity index (χ0v) is 17.0. The zero-order chi connectivity index (χ0) is 20.8. The largest absolute Gasteiger partial charge is 0.493 e. The summed E-state index contributed by atoms with van der Waals surface area (Å²) in [4.78, 5) is 12.1. The minimum atomic E-state index is -0.201. The summed E-state index contributed by atoms with van der Waals surface area (Å²) in [5.74, 6) is 1.72. The van der Waals surface area contributed by atoms with Gasteiger partial charge in [-0.25, -0.2) is 0 Å². The van der Waals surface area contributed by atoms with Gasteiger partial charge in [0, 0.05) is 11.8 Å². The van der Waals surface area contributed by atoms with E-state index in [0.717, 1.165) is 33.8 Å². The molecule has 29 heavy (non-hydrogen) atoms. The van der Waals surface area contributed by atoms with Crippen molar-refractivity contribution < 1.29 is 18.8 Å². The van der Waals surface area contributed by atoms with Gasteiger partial charge in [0.2, 0.25) is 5.91 Å². The molecule has 6 heteroatoms. The van der Waals surface area contributed by atoms with Crippen LogP contribution in [0.25, 0.3) is 6.08 Å². The highest BCUT2D eigenvalue weighted by molar-refractivity contribution is 6.02. The number of nitrogens with one attached hydrogen (secondary N) is 1. The third-order valence-corrected chi connectivity index (χ3v) is 4.45. The predicted octanol–water partition coefficient (Wildman–Crippen LogP) is 4.84. The molecule has 0 saturated carbocycles. The number of rotatable bonds is 7. The second-order valence-corrected chi connectivity index (χ2v) is 6.69. The first-order valence-electron chi connectivity index (χ1n) is 9.24. The number of hydrogen-bond acceptors (Lipinski definition) is 5. The molecular weight excluding hydrogens is 368 g/mol. The summed E-state index contributed by atoms with van der Waals surface area (Å²) in [7, 11) is 1.58. The lowest BCUT2D eigenvalue weighted by atomic mass is 10.1. The molecule has 0 saturated heterocycles. The lowest BCUT2D eigenvalue weighted by Crippen LogP contribution is -2.07. The number of ether oxygens (including phenoxy) is 2. The van der Waals surface area contributed by atoms with Gasteiger partial charge >= 0.3 is 0 Å². The van der Waals surface area contributed by atoms with Crippen LogP contribution in [0.15, 0.2) is 53.1 Å². The maximum absolute atomic E-state index is 12.1. The molecule has 0 bridgehead atoms. The van der Waals surface area contributed by atoms with Crippen molar-refractivity contribution >= 4 is 17.7 Å². The molecule has 1 amide bonds. The molecule has 0 atom stereocenters. The Labute approximate surface area is 170 Å². The van der Waals surface area contributed by atoms with Crippen LogP contribution in [-0.2, 0) is 11.4 Å². The van der Waals surface area contributed by atoms with E-state index in [1.807, 2.05) is 63.2 Å². The first-order valence-corrected chi connectivity index (χ1v) is 9.24. The van der Waals surface area contributed by atoms with Crippen LogP contribution in [0.4, 0.5) is 5.69 Å². The predicted molar refractivity (Wildman–Crippen MR) is 112 cm³/mol. The van der Waals surface area contributed by atoms with Crippen LogP contribution in [0, 0.1) is 20.8 Å². The molecule has 3 rings (SSSR count). The number of hydrogen-bond donors (Lipinski definition) is 1. The molecule has 0 radical (unpaired) electrons. The van der Waals surface area contributed by atoms with Crippen molar-refractivity contribution in [1.82, 2.24) is 5.16 Å². The van der Waals surface area contributed by atoms with E-state index in [1.165, 1.54) is 6.08 Å². The van der Waals surface area contributed by atoms with E-state index in [-0.39, 0.29) is 5.91 Å². The number of carbonyl (C=O) groups excluding carboxylic acids is 1. The van der Waals surface area contributed by atoms with Crippen LogP contribution in [0.1, 0.15) is 28.1 Å². The fourth-order valence-electron chi connectivity index (χ4n) is 2.84. The van der Waals surface area contributed by atoms with Crippen molar-refractivity contribution in [2.24, 2.45) is 0 Å². The lowest BCUT2D eigenvalue weighted by Gasteiger charge is -2.11. The van der Waals surface area contributed by atoms with Crippen molar-refractivity contribution in [2.75, 3.05) is 12.4 Å². The van der Waals surface area contributed by atoms with Crippen molar-refractivity contribution in [2.45, 2.75) is 27.4 Å². The fraction of sp³-hybridized carbons (Fsp3) is 0.217. The molecule has 1 heterocycles. The van der Waals surface area contributed by atoms with E-state index in [1.54, 1.807) is 13.2 Å². The molecule has 2 aromatic carbocycles. The average molecular weight is 392 g/mol. The monoisotopic (exact) mass is 392 g/mol. The summed E-state index contributed by atoms with van der Waals surface area (Å²) in [6.07, 6.45) is 3.22. The van der Waals surface area contributed by atoms with Crippen LogP contribution >= 0.6 is 0 Å². The van der Waals surface area contributed by atoms with Gasteiger partial charge in [0.25, 0.3) is 0 Å². The number of anilines is 1. The third-order valence-electron chi connectivity index (χ3n) is 4.45. The number of aromatic nitrogens is 1. The Bertz CT molecular complexity index is 1020. The second-order valence-electron chi connectivity index (χ2n) is 6.69. The maximum Gasteiger partial charge on any atom is 0.248 e. The molecule has 0 aliphatic carbocycles. The van der Waals surface area contributed by atoms with E-state index in [2.05, 4.69) is 10.5 Å². The minimum absolute atomic E-state index is 0.201. The fourth-order valence-corrected chi connectivity index (χ4v) is 2.84. The number of nitrogens with zero attached hydrogens (tertiary/aromatic N) is 1. The van der Waals surface area contributed by atoms with Gasteiger partial charge in [-0.3, -0.25) is 4.79 Å². The summed E-state index contributed by atoms with van der Waals surface area (Å²) >= 11 is 0. The minimum Gasteiger partial charge on any atom is -0.493 e. The van der Waals surface area contributed by atoms with Gasteiger partial charge in [-0.05, 0) is 62.2 Å². The Morgan fingerprint density at radius 2 is 1.97 bits per heavy atom. The van der Waals surface area contributed by atoms with Crippen LogP contribution in [-0.4, -0.2) is 18.2 Å². The molecule has 6 nitrogen and oxygen atoms in total. The molecule has 0 unspecified atom stereocenters. The summed E-state index contributed by atoms with van der Waals surface area (Å²) in [6.45, 7) is 6.05. The Morgan fingerprint density at radius 1 is 1.14 bits per heavy atom. The van der Waals surface area contributed by atoms with Crippen molar-refractivity contribution in [3.05, 3.63) is 76.7 Å². The SMILES string of the molecule is COc1cc(C=CC(=O)Nc2cccc(C)c2)ccc1OCc1c(C)noc1C. The van der Waals surface area contributed by atoms with Gasteiger partial charge in [-0.15, -0.1) is 0 Å². The first kappa shape index (κ1) is 20.2. The number of aryl methyl sites for hydroxylation is 3. The maximum atomic E-state index is 12.1. The molecule has 3 aromatic rings. The quantitative estimate of drug-likeness (QED) is 0.583. The van der Waals surface area contributed by atoms with Crippen LogP contribution < -0.4 is 14.8 Å². The molecule has 0 spiro atoms. The standard InChI is InChI=1S/C23H24N2O4/c1-15-6-5-7-19(12-15)24-23(26)11-9-18-8-10-21(22(13-18)27-4)28-14-20-16(2)25-29-17(20)3/h5-13H,14H2,1-4H3,(H,24,26). The zero-order valence-electron chi connectivity index (χ0n) is 17.0. The molecule has 0 aliphatic rings. The molecule has 0 fully saturated rings. The van der Waals surface area contributed by atoms with Crippen LogP contribution in [0.3, 0.4) is 0 Å². The Morgan fingerprint density at radius 3 is 2.66 bits per heavy atom. The van der Waals surface area contributed by atoms with Gasteiger partial charge in [-0.1, -0.05) is 23.4 Å². The molecule has 150 valence electrons. The van der Waals surface area contributed by atoms with Gasteiger partial charge in [0.15, 0.2) is 11.5 Å². The summed E-state index contributed by atoms with van der Waals surface area (Å²) in [6, 6.07) is 13.1. The van der Waals surface area contributed by atoms with E-state index in [4.69, 9.17) is 14.0 Å². The van der Waals surface area contributed by atoms with Crippen LogP contribution in [0.5, 0.6) is 11.5 Å². The highest BCUT2D eigenvalue weighted by Crippen LogP contribution is 2.30. The van der Waals surface area contributed by atoms with E-state index < -0.39 is 0 Å². The number of amides is 1. The Hall–Kier alpha value is -3.54. The highest BCUT2D eigenvalue weighted by Gasteiger charge is 2.12. The van der Waals surface area contributed by atoms with E-state index in [9.17, 15) is 4.79 Å². The van der Waals surface area contributed by atoms with Gasteiger partial charge < -0.3 is 19.3 Å². The van der Waals surface area contributed by atoms with Crippen LogP contribution in [0.2, 0.25) is 0 Å². The average Bonchev–Trinajstić information content (AvgIpc) is 3.02. The van der Waals surface area contributed by atoms with Gasteiger partial charge in [0.1, 0.15) is 12.4 Å². The highest BCUT2D eigenvalue weighted by atomic mass is 16.5. The number of carbonyl (C=O) groups is 1. The van der Waals surface area contributed by atoms with E-state index >= 15 is 0 Å². The second kappa shape index (κ2) is 9.10. The molecule has 1 aromatic heterocycles. The lowest BCUT2D eigenvalue weighted by molar-refractivity contribution is -0.111. The molecule has 1 N–H and O–H groups in total. The van der Waals surface area contributed by atoms with Crippen molar-refractivity contribution in [3.63, 3.8) is 0 Å². The Kier molecular flexibility index (Phi) is 6.34. The molecular formula is C23H24N2O4. The summed E-state index contributed by atoms with van der Waals surface area (Å²) in [5.41, 5.74) is 4.40. The summed E-state index contributed by atoms with van der Waals surface area (Å²) in [5, 5.41) is 6.77.